The van der Waals surface area contributed by atoms with Crippen molar-refractivity contribution < 1.29 is 14.7 Å². The number of benzene rings is 1. The van der Waals surface area contributed by atoms with Gasteiger partial charge in [0.25, 0.3) is 0 Å². The summed E-state index contributed by atoms with van der Waals surface area (Å²) in [5.74, 6) is -1.18. The summed E-state index contributed by atoms with van der Waals surface area (Å²) in [4.78, 5) is 24.6. The Morgan fingerprint density at radius 3 is 2.22 bits per heavy atom. The number of carbonyl (C=O) groups is 2. The molecule has 0 radical (unpaired) electrons. The number of amides is 1. The Kier molecular flexibility index (Phi) is 4.48. The fourth-order valence-corrected chi connectivity index (χ4v) is 1.54. The number of hydrogen-bond acceptors (Lipinski definition) is 2. The van der Waals surface area contributed by atoms with Gasteiger partial charge < -0.3 is 10.0 Å². The van der Waals surface area contributed by atoms with Gasteiger partial charge in [-0.1, -0.05) is 39.0 Å². The second-order valence-electron chi connectivity index (χ2n) is 4.86. The topological polar surface area (TPSA) is 57.6 Å². The van der Waals surface area contributed by atoms with Gasteiger partial charge in [0.15, 0.2) is 0 Å². The van der Waals surface area contributed by atoms with Gasteiger partial charge in [0, 0.05) is 11.1 Å². The normalized spacial score (nSPS) is 11.1. The molecule has 1 aromatic rings. The van der Waals surface area contributed by atoms with E-state index in [1.807, 2.05) is 26.8 Å². The Morgan fingerprint density at radius 2 is 1.78 bits per heavy atom. The number of carbonyl (C=O) groups excluding carboxylic acids is 1. The highest BCUT2D eigenvalue weighted by molar-refractivity contribution is 6.00. The Bertz CT molecular complexity index is 426. The summed E-state index contributed by atoms with van der Waals surface area (Å²) in [6, 6.07) is 8.89. The van der Waals surface area contributed by atoms with Crippen LogP contribution >= 0.6 is 0 Å². The van der Waals surface area contributed by atoms with Crippen LogP contribution in [0.25, 0.3) is 0 Å². The van der Waals surface area contributed by atoms with Gasteiger partial charge in [-0.2, -0.15) is 0 Å². The van der Waals surface area contributed by atoms with Gasteiger partial charge >= 0.3 is 5.97 Å². The minimum Gasteiger partial charge on any atom is -0.480 e. The van der Waals surface area contributed by atoms with Gasteiger partial charge in [-0.15, -0.1) is 0 Å². The number of hydrogen-bond donors (Lipinski definition) is 1. The number of para-hydroxylation sites is 1. The van der Waals surface area contributed by atoms with E-state index in [4.69, 9.17) is 5.11 Å². The highest BCUT2D eigenvalue weighted by Crippen LogP contribution is 2.26. The van der Waals surface area contributed by atoms with E-state index in [9.17, 15) is 9.59 Å². The summed E-state index contributed by atoms with van der Waals surface area (Å²) >= 11 is 0. The fraction of sp³-hybridized carbons (Fsp3) is 0.429. The SMILES string of the molecule is CCC(C)(C)C(=O)N(CC(=O)O)c1ccccc1. The zero-order valence-electron chi connectivity index (χ0n) is 11.0. The van der Waals surface area contributed by atoms with Gasteiger partial charge in [-0.3, -0.25) is 9.59 Å². The molecule has 0 atom stereocenters. The van der Waals surface area contributed by atoms with Crippen LogP contribution < -0.4 is 4.90 Å². The highest BCUT2D eigenvalue weighted by Gasteiger charge is 2.32. The molecule has 0 aromatic heterocycles. The molecule has 0 bridgehead atoms. The Labute approximate surface area is 107 Å². The summed E-state index contributed by atoms with van der Waals surface area (Å²) in [7, 11) is 0. The molecule has 0 spiro atoms. The van der Waals surface area contributed by atoms with E-state index in [2.05, 4.69) is 0 Å². The molecule has 98 valence electrons. The number of carboxylic acids is 1. The Morgan fingerprint density at radius 1 is 1.22 bits per heavy atom. The summed E-state index contributed by atoms with van der Waals surface area (Å²) in [5.41, 5.74) is 0.0529. The first-order valence-corrected chi connectivity index (χ1v) is 5.97. The third kappa shape index (κ3) is 3.32. The molecule has 0 unspecified atom stereocenters. The summed E-state index contributed by atoms with van der Waals surface area (Å²) < 4.78 is 0. The monoisotopic (exact) mass is 249 g/mol. The van der Waals surface area contributed by atoms with Crippen molar-refractivity contribution in [2.24, 2.45) is 5.41 Å². The molecule has 1 N–H and O–H groups in total. The van der Waals surface area contributed by atoms with E-state index in [0.29, 0.717) is 12.1 Å². The van der Waals surface area contributed by atoms with Crippen LogP contribution in [0.1, 0.15) is 27.2 Å². The molecule has 0 heterocycles. The summed E-state index contributed by atoms with van der Waals surface area (Å²) in [6.07, 6.45) is 0.661. The van der Waals surface area contributed by atoms with Crippen LogP contribution in [0.15, 0.2) is 30.3 Å². The predicted molar refractivity (Wildman–Crippen MR) is 70.5 cm³/mol. The molecule has 18 heavy (non-hydrogen) atoms. The predicted octanol–water partition coefficient (Wildman–Crippen LogP) is 2.54. The van der Waals surface area contributed by atoms with Crippen LogP contribution in [-0.2, 0) is 9.59 Å². The molecule has 1 amide bonds. The van der Waals surface area contributed by atoms with Crippen molar-refractivity contribution in [1.82, 2.24) is 0 Å². The number of aliphatic carboxylic acids is 1. The zero-order chi connectivity index (χ0) is 13.8. The first kappa shape index (κ1) is 14.2. The number of rotatable bonds is 5. The number of nitrogens with zero attached hydrogens (tertiary/aromatic N) is 1. The molecule has 4 heteroatoms. The molecule has 0 aliphatic carbocycles. The standard InChI is InChI=1S/C14H19NO3/c1-4-14(2,3)13(18)15(10-12(16)17)11-8-6-5-7-9-11/h5-9H,4,10H2,1-3H3,(H,16,17). The number of carboxylic acid groups (broad SMARTS) is 1. The molecule has 1 rings (SSSR count). The highest BCUT2D eigenvalue weighted by atomic mass is 16.4. The van der Waals surface area contributed by atoms with Crippen molar-refractivity contribution in [3.05, 3.63) is 30.3 Å². The smallest absolute Gasteiger partial charge is 0.323 e. The Balaban J connectivity index is 3.07. The molecular weight excluding hydrogens is 230 g/mol. The lowest BCUT2D eigenvalue weighted by molar-refractivity contribution is -0.137. The molecule has 0 aliphatic heterocycles. The van der Waals surface area contributed by atoms with Crippen LogP contribution in [-0.4, -0.2) is 23.5 Å². The first-order chi connectivity index (χ1) is 8.38. The lowest BCUT2D eigenvalue weighted by Crippen LogP contribution is -2.43. The second-order valence-corrected chi connectivity index (χ2v) is 4.86. The van der Waals surface area contributed by atoms with E-state index >= 15 is 0 Å². The second kappa shape index (κ2) is 5.67. The van der Waals surface area contributed by atoms with Gasteiger partial charge in [0.05, 0.1) is 0 Å². The van der Waals surface area contributed by atoms with Crippen molar-refractivity contribution in [1.29, 1.82) is 0 Å². The molecular formula is C14H19NO3. The van der Waals surface area contributed by atoms with Crippen LogP contribution in [0.4, 0.5) is 5.69 Å². The van der Waals surface area contributed by atoms with E-state index < -0.39 is 11.4 Å². The molecule has 0 aliphatic rings. The van der Waals surface area contributed by atoms with Crippen LogP contribution in [0.2, 0.25) is 0 Å². The van der Waals surface area contributed by atoms with Crippen LogP contribution in [0.5, 0.6) is 0 Å². The van der Waals surface area contributed by atoms with E-state index in [1.54, 1.807) is 24.3 Å². The summed E-state index contributed by atoms with van der Waals surface area (Å²) in [6.45, 7) is 5.26. The molecule has 1 aromatic carbocycles. The van der Waals surface area contributed by atoms with Gasteiger partial charge in [0.2, 0.25) is 5.91 Å². The van der Waals surface area contributed by atoms with Crippen molar-refractivity contribution in [2.75, 3.05) is 11.4 Å². The lowest BCUT2D eigenvalue weighted by Gasteiger charge is -2.30. The molecule has 4 nitrogen and oxygen atoms in total. The van der Waals surface area contributed by atoms with Crippen LogP contribution in [0, 0.1) is 5.41 Å². The van der Waals surface area contributed by atoms with Gasteiger partial charge in [-0.05, 0) is 18.6 Å². The fourth-order valence-electron chi connectivity index (χ4n) is 1.54. The van der Waals surface area contributed by atoms with Crippen LogP contribution in [0.3, 0.4) is 0 Å². The van der Waals surface area contributed by atoms with Gasteiger partial charge in [0.1, 0.15) is 6.54 Å². The minimum absolute atomic E-state index is 0.168. The maximum atomic E-state index is 12.4. The Hall–Kier alpha value is -1.84. The maximum absolute atomic E-state index is 12.4. The quantitative estimate of drug-likeness (QED) is 0.872. The lowest BCUT2D eigenvalue weighted by atomic mass is 9.88. The largest absolute Gasteiger partial charge is 0.480 e. The summed E-state index contributed by atoms with van der Waals surface area (Å²) in [5, 5.41) is 8.94. The number of anilines is 1. The molecule has 0 saturated heterocycles. The van der Waals surface area contributed by atoms with E-state index in [-0.39, 0.29) is 12.5 Å². The van der Waals surface area contributed by atoms with Crippen molar-refractivity contribution >= 4 is 17.6 Å². The molecule has 0 saturated carbocycles. The average molecular weight is 249 g/mol. The van der Waals surface area contributed by atoms with Crippen molar-refractivity contribution in [3.63, 3.8) is 0 Å². The van der Waals surface area contributed by atoms with E-state index in [1.165, 1.54) is 4.90 Å². The third-order valence-electron chi connectivity index (χ3n) is 3.07. The zero-order valence-corrected chi connectivity index (χ0v) is 11.0. The van der Waals surface area contributed by atoms with Crippen molar-refractivity contribution in [3.8, 4) is 0 Å². The van der Waals surface area contributed by atoms with Crippen molar-refractivity contribution in [2.45, 2.75) is 27.2 Å². The van der Waals surface area contributed by atoms with Gasteiger partial charge in [-0.25, -0.2) is 0 Å². The average Bonchev–Trinajstić information content (AvgIpc) is 2.36. The molecule has 0 fully saturated rings. The van der Waals surface area contributed by atoms with E-state index in [0.717, 1.165) is 0 Å². The third-order valence-corrected chi connectivity index (χ3v) is 3.07. The first-order valence-electron chi connectivity index (χ1n) is 5.97. The minimum atomic E-state index is -1.01. The maximum Gasteiger partial charge on any atom is 0.323 e.